The quantitative estimate of drug-likeness (QED) is 0.736. The fraction of sp³-hybridized carbons (Fsp3) is 0.0667. The number of hydrogen-bond acceptors (Lipinski definition) is 5. The van der Waals surface area contributed by atoms with Gasteiger partial charge in [-0.2, -0.15) is 0 Å². The highest BCUT2D eigenvalue weighted by molar-refractivity contribution is 7.90. The number of rotatable bonds is 3. The molecule has 4 nitrogen and oxygen atoms in total. The molecule has 0 spiro atoms. The van der Waals surface area contributed by atoms with Gasteiger partial charge in [0.2, 0.25) is 0 Å². The Hall–Kier alpha value is -2.12. The Kier molecular flexibility index (Phi) is 3.76. The first-order chi connectivity index (χ1) is 10.4. The lowest BCUT2D eigenvalue weighted by Gasteiger charge is -2.03. The predicted molar refractivity (Wildman–Crippen MR) is 83.8 cm³/mol. The van der Waals surface area contributed by atoms with Crippen LogP contribution in [0.4, 0.5) is 4.39 Å². The van der Waals surface area contributed by atoms with Crippen LogP contribution < -0.4 is 0 Å². The molecule has 0 bridgehead atoms. The minimum absolute atomic E-state index is 0.261. The summed E-state index contributed by atoms with van der Waals surface area (Å²) >= 11 is 1.21. The molecule has 0 aliphatic carbocycles. The molecule has 3 rings (SSSR count). The van der Waals surface area contributed by atoms with Crippen LogP contribution in [0.1, 0.15) is 0 Å². The van der Waals surface area contributed by atoms with E-state index in [4.69, 9.17) is 0 Å². The molecular formula is C15H11FN2O2S2. The van der Waals surface area contributed by atoms with Crippen molar-refractivity contribution >= 4 is 21.4 Å². The van der Waals surface area contributed by atoms with Gasteiger partial charge in [-0.15, -0.1) is 5.10 Å². The van der Waals surface area contributed by atoms with Crippen molar-refractivity contribution in [2.45, 2.75) is 4.90 Å². The monoisotopic (exact) mass is 334 g/mol. The summed E-state index contributed by atoms with van der Waals surface area (Å²) in [5.41, 5.74) is 2.23. The molecule has 112 valence electrons. The molecule has 3 aromatic rings. The van der Waals surface area contributed by atoms with Crippen LogP contribution in [0.15, 0.2) is 53.4 Å². The van der Waals surface area contributed by atoms with Crippen molar-refractivity contribution in [3.8, 4) is 21.7 Å². The molecule has 1 heterocycles. The van der Waals surface area contributed by atoms with E-state index in [0.29, 0.717) is 5.69 Å². The van der Waals surface area contributed by atoms with E-state index in [1.165, 1.54) is 29.9 Å². The largest absolute Gasteiger partial charge is 0.224 e. The van der Waals surface area contributed by atoms with Crippen LogP contribution >= 0.6 is 11.5 Å². The van der Waals surface area contributed by atoms with Gasteiger partial charge < -0.3 is 0 Å². The van der Waals surface area contributed by atoms with Crippen LogP contribution in [0, 0.1) is 5.82 Å². The summed E-state index contributed by atoms with van der Waals surface area (Å²) in [4.78, 5) is 1.07. The normalized spacial score (nSPS) is 11.5. The first-order valence-electron chi connectivity index (χ1n) is 6.34. The molecule has 1 aromatic heterocycles. The lowest BCUT2D eigenvalue weighted by atomic mass is 10.1. The predicted octanol–water partition coefficient (Wildman–Crippen LogP) is 3.41. The molecule has 0 radical (unpaired) electrons. The molecule has 0 saturated heterocycles. The number of aromatic nitrogens is 2. The summed E-state index contributed by atoms with van der Waals surface area (Å²) < 4.78 is 40.0. The van der Waals surface area contributed by atoms with Crippen molar-refractivity contribution in [1.82, 2.24) is 9.59 Å². The summed E-state index contributed by atoms with van der Waals surface area (Å²) in [6.07, 6.45) is 1.17. The third-order valence-corrected chi connectivity index (χ3v) is 5.05. The zero-order valence-electron chi connectivity index (χ0n) is 11.5. The number of hydrogen-bond donors (Lipinski definition) is 0. The minimum Gasteiger partial charge on any atom is -0.224 e. The topological polar surface area (TPSA) is 59.9 Å². The summed E-state index contributed by atoms with van der Waals surface area (Å²) in [5, 5.41) is 4.09. The maximum Gasteiger partial charge on any atom is 0.175 e. The summed E-state index contributed by atoms with van der Waals surface area (Å²) in [7, 11) is -3.22. The number of benzene rings is 2. The Morgan fingerprint density at radius 1 is 0.955 bits per heavy atom. The van der Waals surface area contributed by atoms with E-state index in [0.717, 1.165) is 16.0 Å². The van der Waals surface area contributed by atoms with E-state index in [-0.39, 0.29) is 10.7 Å². The Bertz CT molecular complexity index is 901. The second-order valence-corrected chi connectivity index (χ2v) is 7.52. The van der Waals surface area contributed by atoms with Crippen LogP contribution in [-0.2, 0) is 9.84 Å². The van der Waals surface area contributed by atoms with Gasteiger partial charge in [0.05, 0.1) is 9.77 Å². The molecule has 0 atom stereocenters. The standard InChI is InChI=1S/C15H11FN2O2S2/c1-22(19,20)13-8-4-11(5-9-13)15-14(17-18-21-15)10-2-6-12(16)7-3-10/h2-9H,1H3. The molecule has 2 aromatic carbocycles. The van der Waals surface area contributed by atoms with Crippen LogP contribution in [0.2, 0.25) is 0 Å². The zero-order chi connectivity index (χ0) is 15.7. The highest BCUT2D eigenvalue weighted by Crippen LogP contribution is 2.33. The highest BCUT2D eigenvalue weighted by Gasteiger charge is 2.14. The molecular weight excluding hydrogens is 323 g/mol. The Labute approximate surface area is 131 Å². The molecule has 0 saturated carbocycles. The van der Waals surface area contributed by atoms with Gasteiger partial charge in [-0.1, -0.05) is 16.6 Å². The van der Waals surface area contributed by atoms with Crippen molar-refractivity contribution in [1.29, 1.82) is 0 Å². The first kappa shape index (κ1) is 14.8. The van der Waals surface area contributed by atoms with Crippen molar-refractivity contribution in [2.75, 3.05) is 6.26 Å². The third-order valence-electron chi connectivity index (χ3n) is 3.15. The van der Waals surface area contributed by atoms with Crippen molar-refractivity contribution in [2.24, 2.45) is 0 Å². The van der Waals surface area contributed by atoms with Gasteiger partial charge in [-0.3, -0.25) is 0 Å². The van der Waals surface area contributed by atoms with Gasteiger partial charge in [-0.05, 0) is 53.5 Å². The lowest BCUT2D eigenvalue weighted by molar-refractivity contribution is 0.602. The fourth-order valence-electron chi connectivity index (χ4n) is 2.03. The summed E-state index contributed by atoms with van der Waals surface area (Å²) in [5.74, 6) is -0.314. The van der Waals surface area contributed by atoms with E-state index in [9.17, 15) is 12.8 Å². The van der Waals surface area contributed by atoms with Crippen LogP contribution in [0.5, 0.6) is 0 Å². The number of nitrogens with zero attached hydrogens (tertiary/aromatic N) is 2. The number of sulfone groups is 1. The van der Waals surface area contributed by atoms with Gasteiger partial charge in [0.15, 0.2) is 9.84 Å². The minimum atomic E-state index is -3.22. The molecule has 0 unspecified atom stereocenters. The van der Waals surface area contributed by atoms with E-state index in [1.54, 1.807) is 36.4 Å². The molecule has 0 fully saturated rings. The van der Waals surface area contributed by atoms with Gasteiger partial charge in [0, 0.05) is 11.8 Å². The SMILES string of the molecule is CS(=O)(=O)c1ccc(-c2snnc2-c2ccc(F)cc2)cc1. The van der Waals surface area contributed by atoms with Gasteiger partial charge in [0.1, 0.15) is 11.5 Å². The molecule has 0 amide bonds. The van der Waals surface area contributed by atoms with E-state index in [1.807, 2.05) is 0 Å². The average molecular weight is 334 g/mol. The third kappa shape index (κ3) is 2.90. The molecule has 7 heteroatoms. The van der Waals surface area contributed by atoms with Crippen LogP contribution in [0.3, 0.4) is 0 Å². The van der Waals surface area contributed by atoms with E-state index >= 15 is 0 Å². The van der Waals surface area contributed by atoms with Gasteiger partial charge in [0.25, 0.3) is 0 Å². The zero-order valence-corrected chi connectivity index (χ0v) is 13.2. The second-order valence-electron chi connectivity index (χ2n) is 4.75. The summed E-state index contributed by atoms with van der Waals surface area (Å²) in [6.45, 7) is 0. The molecule has 0 aliphatic rings. The average Bonchev–Trinajstić information content (AvgIpc) is 2.97. The smallest absolute Gasteiger partial charge is 0.175 e. The maximum atomic E-state index is 13.0. The number of halogens is 1. The van der Waals surface area contributed by atoms with Gasteiger partial charge >= 0.3 is 0 Å². The van der Waals surface area contributed by atoms with Crippen molar-refractivity contribution < 1.29 is 12.8 Å². The van der Waals surface area contributed by atoms with Crippen LogP contribution in [0.25, 0.3) is 21.7 Å². The fourth-order valence-corrected chi connectivity index (χ4v) is 3.35. The van der Waals surface area contributed by atoms with Crippen LogP contribution in [-0.4, -0.2) is 24.3 Å². The van der Waals surface area contributed by atoms with Gasteiger partial charge in [-0.25, -0.2) is 12.8 Å². The maximum absolute atomic E-state index is 13.0. The van der Waals surface area contributed by atoms with Crippen molar-refractivity contribution in [3.05, 3.63) is 54.3 Å². The highest BCUT2D eigenvalue weighted by atomic mass is 32.2. The second kappa shape index (κ2) is 5.58. The Morgan fingerprint density at radius 3 is 2.14 bits per heavy atom. The Morgan fingerprint density at radius 2 is 1.55 bits per heavy atom. The van der Waals surface area contributed by atoms with E-state index in [2.05, 4.69) is 9.59 Å². The Balaban J connectivity index is 2.03. The molecule has 0 aliphatic heterocycles. The lowest BCUT2D eigenvalue weighted by Crippen LogP contribution is -1.96. The summed E-state index contributed by atoms with van der Waals surface area (Å²) in [6, 6.07) is 12.6. The first-order valence-corrected chi connectivity index (χ1v) is 9.00. The van der Waals surface area contributed by atoms with Crippen molar-refractivity contribution in [3.63, 3.8) is 0 Å². The van der Waals surface area contributed by atoms with E-state index < -0.39 is 9.84 Å². The molecule has 0 N–H and O–H groups in total. The molecule has 22 heavy (non-hydrogen) atoms.